The molecule has 0 radical (unpaired) electrons. The standard InChI is InChI=1S/C55H105NO11S/c1-3-5-7-9-11-13-15-17-19-21-22-23-24-25-26-27-28-29-31-33-35-37-39-41-43-45-51(59)56-48(47-65-55-53(61)54(67-68(62,63)64)52(60)50(46-57)66-55)49(58)44-42-40-38-36-34-32-30-20-18-16-14-12-10-8-6-4-2/h25-26,42,44,48-50,52-55,57-58,60-61H,3-24,27-41,43,45-47H2,1-2H3,(H,56,59)(H,62,63,64)/b26-25-,44-42+. The number of carbonyl (C=O) groups is 1. The largest absolute Gasteiger partial charge is 0.397 e. The third kappa shape index (κ3) is 37.4. The van der Waals surface area contributed by atoms with Gasteiger partial charge in [0.25, 0.3) is 0 Å². The van der Waals surface area contributed by atoms with Gasteiger partial charge in [-0.15, -0.1) is 0 Å². The van der Waals surface area contributed by atoms with Crippen molar-refractivity contribution in [3.63, 3.8) is 0 Å². The van der Waals surface area contributed by atoms with Crippen LogP contribution in [0.2, 0.25) is 0 Å². The zero-order chi connectivity index (χ0) is 49.8. The Morgan fingerprint density at radius 3 is 1.32 bits per heavy atom. The van der Waals surface area contributed by atoms with Crippen molar-refractivity contribution < 1.29 is 51.8 Å². The second-order valence-corrected chi connectivity index (χ2v) is 20.9. The highest BCUT2D eigenvalue weighted by atomic mass is 32.3. The fourth-order valence-corrected chi connectivity index (χ4v) is 9.61. The van der Waals surface area contributed by atoms with E-state index in [0.717, 1.165) is 38.5 Å². The lowest BCUT2D eigenvalue weighted by molar-refractivity contribution is -0.298. The first-order valence-corrected chi connectivity index (χ1v) is 29.6. The fourth-order valence-electron chi connectivity index (χ4n) is 9.10. The number of nitrogens with one attached hydrogen (secondary N) is 1. The van der Waals surface area contributed by atoms with E-state index in [1.54, 1.807) is 6.08 Å². The minimum Gasteiger partial charge on any atom is -0.394 e. The predicted octanol–water partition coefficient (Wildman–Crippen LogP) is 12.8. The topological polar surface area (TPSA) is 192 Å². The molecule has 0 aliphatic carbocycles. The van der Waals surface area contributed by atoms with Gasteiger partial charge in [-0.3, -0.25) is 9.35 Å². The molecule has 0 aromatic carbocycles. The molecule has 0 saturated carbocycles. The summed E-state index contributed by atoms with van der Waals surface area (Å²) in [6.45, 7) is 3.42. The maximum atomic E-state index is 13.1. The van der Waals surface area contributed by atoms with Gasteiger partial charge in [0, 0.05) is 6.42 Å². The molecule has 1 aliphatic rings. The number of unbranched alkanes of at least 4 members (excludes halogenated alkanes) is 35. The quantitative estimate of drug-likeness (QED) is 0.0193. The lowest BCUT2D eigenvalue weighted by Gasteiger charge is -2.41. The molecule has 0 aromatic rings. The van der Waals surface area contributed by atoms with E-state index in [-0.39, 0.29) is 18.9 Å². The molecule has 0 aromatic heterocycles. The van der Waals surface area contributed by atoms with Gasteiger partial charge < -0.3 is 35.2 Å². The van der Waals surface area contributed by atoms with E-state index in [1.165, 1.54) is 199 Å². The van der Waals surface area contributed by atoms with Gasteiger partial charge in [0.15, 0.2) is 6.29 Å². The third-order valence-corrected chi connectivity index (χ3v) is 13.9. The van der Waals surface area contributed by atoms with Crippen molar-refractivity contribution in [2.45, 2.75) is 307 Å². The molecule has 1 aliphatic heterocycles. The minimum atomic E-state index is -5.09. The number of carbonyl (C=O) groups excluding carboxylic acids is 1. The summed E-state index contributed by atoms with van der Waals surface area (Å²) < 4.78 is 47.8. The second kappa shape index (κ2) is 45.4. The molecule has 6 N–H and O–H groups in total. The Morgan fingerprint density at radius 2 is 0.941 bits per heavy atom. The lowest BCUT2D eigenvalue weighted by Crippen LogP contribution is -2.61. The summed E-state index contributed by atoms with van der Waals surface area (Å²) in [6.07, 6.45) is 46.5. The van der Waals surface area contributed by atoms with Crippen molar-refractivity contribution in [2.24, 2.45) is 0 Å². The van der Waals surface area contributed by atoms with E-state index in [2.05, 4.69) is 35.5 Å². The van der Waals surface area contributed by atoms with Gasteiger partial charge in [-0.1, -0.05) is 237 Å². The molecule has 1 amide bonds. The van der Waals surface area contributed by atoms with Crippen molar-refractivity contribution in [1.29, 1.82) is 0 Å². The molecule has 12 nitrogen and oxygen atoms in total. The molecule has 1 fully saturated rings. The van der Waals surface area contributed by atoms with Crippen LogP contribution in [0.4, 0.5) is 0 Å². The highest BCUT2D eigenvalue weighted by Gasteiger charge is 2.48. The van der Waals surface area contributed by atoms with Gasteiger partial charge in [-0.2, -0.15) is 8.42 Å². The van der Waals surface area contributed by atoms with Crippen molar-refractivity contribution in [1.82, 2.24) is 5.32 Å². The van der Waals surface area contributed by atoms with Gasteiger partial charge in [0.05, 0.1) is 25.4 Å². The van der Waals surface area contributed by atoms with E-state index < -0.39 is 59.9 Å². The third-order valence-electron chi connectivity index (χ3n) is 13.5. The SMILES string of the molecule is CCCCCCCCCCCCCC/C=C\CCCCCCCCCCCC(=O)NC(COC1OC(CO)C(O)C(OS(=O)(=O)O)C1O)C(O)/C=C/CCCCCCCCCCCCCCCC. The second-order valence-electron chi connectivity index (χ2n) is 19.9. The van der Waals surface area contributed by atoms with Crippen molar-refractivity contribution in [2.75, 3.05) is 13.2 Å². The van der Waals surface area contributed by atoms with Crippen LogP contribution in [0, 0.1) is 0 Å². The van der Waals surface area contributed by atoms with Gasteiger partial charge in [-0.25, -0.2) is 4.18 Å². The summed E-state index contributed by atoms with van der Waals surface area (Å²) in [6, 6.07) is -0.944. The Balaban J connectivity index is 2.37. The summed E-state index contributed by atoms with van der Waals surface area (Å²) in [7, 11) is -5.09. The van der Waals surface area contributed by atoms with Crippen LogP contribution < -0.4 is 5.32 Å². The molecule has 7 atom stereocenters. The number of hydrogen-bond donors (Lipinski definition) is 6. The Morgan fingerprint density at radius 1 is 0.574 bits per heavy atom. The van der Waals surface area contributed by atoms with Crippen LogP contribution in [0.15, 0.2) is 24.3 Å². The number of rotatable bonds is 49. The molecular formula is C55H105NO11S. The van der Waals surface area contributed by atoms with E-state index in [4.69, 9.17) is 9.47 Å². The number of ether oxygens (including phenoxy) is 2. The molecule has 0 spiro atoms. The number of hydrogen-bond acceptors (Lipinski definition) is 10. The number of aliphatic hydroxyl groups excluding tert-OH is 4. The Labute approximate surface area is 416 Å². The monoisotopic (exact) mass is 988 g/mol. The first-order valence-electron chi connectivity index (χ1n) is 28.2. The summed E-state index contributed by atoms with van der Waals surface area (Å²) >= 11 is 0. The van der Waals surface area contributed by atoms with E-state index >= 15 is 0 Å². The molecule has 402 valence electrons. The summed E-state index contributed by atoms with van der Waals surface area (Å²) in [5, 5.41) is 44.9. The fraction of sp³-hybridized carbons (Fsp3) is 0.909. The predicted molar refractivity (Wildman–Crippen MR) is 278 cm³/mol. The van der Waals surface area contributed by atoms with Crippen LogP contribution in [0.5, 0.6) is 0 Å². The van der Waals surface area contributed by atoms with Crippen LogP contribution in [0.25, 0.3) is 0 Å². The van der Waals surface area contributed by atoms with E-state index in [1.807, 2.05) is 6.08 Å². The maximum absolute atomic E-state index is 13.1. The highest BCUT2D eigenvalue weighted by molar-refractivity contribution is 7.80. The van der Waals surface area contributed by atoms with Gasteiger partial charge in [0.1, 0.15) is 24.4 Å². The summed E-state index contributed by atoms with van der Waals surface area (Å²) in [5.41, 5.74) is 0. The molecule has 68 heavy (non-hydrogen) atoms. The summed E-state index contributed by atoms with van der Waals surface area (Å²) in [4.78, 5) is 13.1. The first-order chi connectivity index (χ1) is 33.0. The Bertz CT molecular complexity index is 1300. The highest BCUT2D eigenvalue weighted by Crippen LogP contribution is 2.26. The number of amides is 1. The van der Waals surface area contributed by atoms with Gasteiger partial charge in [0.2, 0.25) is 5.91 Å². The van der Waals surface area contributed by atoms with Crippen molar-refractivity contribution in [3.8, 4) is 0 Å². The van der Waals surface area contributed by atoms with Gasteiger partial charge >= 0.3 is 10.4 Å². The molecule has 13 heteroatoms. The van der Waals surface area contributed by atoms with Crippen molar-refractivity contribution >= 4 is 16.3 Å². The number of allylic oxidation sites excluding steroid dienone is 3. The van der Waals surface area contributed by atoms with Crippen LogP contribution in [0.3, 0.4) is 0 Å². The Kier molecular flexibility index (Phi) is 43.2. The molecule has 1 rings (SSSR count). The maximum Gasteiger partial charge on any atom is 0.397 e. The normalized spacial score (nSPS) is 19.9. The van der Waals surface area contributed by atoms with Crippen LogP contribution in [0.1, 0.15) is 264 Å². The molecular weight excluding hydrogens is 883 g/mol. The molecule has 1 heterocycles. The number of aliphatic hydroxyl groups is 4. The molecule has 7 unspecified atom stereocenters. The van der Waals surface area contributed by atoms with Crippen LogP contribution in [-0.4, -0.2) is 95.4 Å². The van der Waals surface area contributed by atoms with Crippen LogP contribution >= 0.6 is 0 Å². The van der Waals surface area contributed by atoms with E-state index in [9.17, 15) is 38.2 Å². The van der Waals surface area contributed by atoms with Crippen LogP contribution in [-0.2, 0) is 28.9 Å². The Hall–Kier alpha value is -1.42. The minimum absolute atomic E-state index is 0.262. The zero-order valence-corrected chi connectivity index (χ0v) is 44.3. The molecule has 0 bridgehead atoms. The zero-order valence-electron chi connectivity index (χ0n) is 43.4. The van der Waals surface area contributed by atoms with Gasteiger partial charge in [-0.05, 0) is 44.9 Å². The molecule has 1 saturated heterocycles. The average Bonchev–Trinajstić information content (AvgIpc) is 3.31. The lowest BCUT2D eigenvalue weighted by atomic mass is 9.99. The van der Waals surface area contributed by atoms with E-state index in [0.29, 0.717) is 6.42 Å². The smallest absolute Gasteiger partial charge is 0.394 e. The average molecular weight is 989 g/mol. The first kappa shape index (κ1) is 64.6. The van der Waals surface area contributed by atoms with Crippen molar-refractivity contribution in [3.05, 3.63) is 24.3 Å². The summed E-state index contributed by atoms with van der Waals surface area (Å²) in [5.74, 6) is -0.262.